The van der Waals surface area contributed by atoms with E-state index in [9.17, 15) is 14.0 Å². The normalized spacial score (nSPS) is 16.6. The van der Waals surface area contributed by atoms with E-state index in [-0.39, 0.29) is 36.7 Å². The van der Waals surface area contributed by atoms with Gasteiger partial charge in [-0.3, -0.25) is 0 Å². The van der Waals surface area contributed by atoms with Gasteiger partial charge in [-0.1, -0.05) is 0 Å². The van der Waals surface area contributed by atoms with E-state index < -0.39 is 21.9 Å². The van der Waals surface area contributed by atoms with Gasteiger partial charge in [0.1, 0.15) is 0 Å². The van der Waals surface area contributed by atoms with Crippen LogP contribution in [0.25, 0.3) is 10.8 Å². The van der Waals surface area contributed by atoms with E-state index in [4.69, 9.17) is 4.74 Å². The monoisotopic (exact) mass is 737 g/mol. The van der Waals surface area contributed by atoms with Crippen molar-refractivity contribution in [1.82, 2.24) is 10.3 Å². The Bertz CT molecular complexity index is 1500. The zero-order valence-corrected chi connectivity index (χ0v) is 24.9. The number of nitrogens with zero attached hydrogens (tertiary/aromatic N) is 1. The maximum atomic E-state index is 13.3. The average molecular weight is 737 g/mol. The van der Waals surface area contributed by atoms with Crippen molar-refractivity contribution in [2.24, 2.45) is 5.92 Å². The number of pyridine rings is 1. The minimum atomic E-state index is -1.42. The molecule has 1 saturated carbocycles. The Labute approximate surface area is 237 Å². The molecule has 9 heteroatoms. The van der Waals surface area contributed by atoms with Gasteiger partial charge in [0.15, 0.2) is 0 Å². The number of amides is 2. The van der Waals surface area contributed by atoms with E-state index in [0.29, 0.717) is 5.56 Å². The molecule has 38 heavy (non-hydrogen) atoms. The quantitative estimate of drug-likeness (QED) is 0.148. The Kier molecular flexibility index (Phi) is 8.42. The zero-order chi connectivity index (χ0) is 26.6. The Hall–Kier alpha value is -2.80. The molecule has 196 valence electrons. The summed E-state index contributed by atoms with van der Waals surface area (Å²) < 4.78 is 20.0. The molecule has 2 atom stereocenters. The van der Waals surface area contributed by atoms with Gasteiger partial charge in [0.25, 0.3) is 0 Å². The van der Waals surface area contributed by atoms with Gasteiger partial charge in [-0.2, -0.15) is 0 Å². The summed E-state index contributed by atoms with van der Waals surface area (Å²) >= 11 is 1.10. The summed E-state index contributed by atoms with van der Waals surface area (Å²) in [4.78, 5) is 31.6. The first-order valence-electron chi connectivity index (χ1n) is 12.1. The number of ether oxygens (including phenoxy) is 1. The first kappa shape index (κ1) is 26.8. The molecule has 0 bridgehead atoms. The third-order valence-corrected chi connectivity index (χ3v) is 12.0. The summed E-state index contributed by atoms with van der Waals surface area (Å²) in [5, 5.41) is 7.81. The molecule has 0 radical (unpaired) electrons. The number of carbonyl (C=O) groups is 2. The number of alkyl carbamates (subject to hydrolysis) is 1. The summed E-state index contributed by atoms with van der Waals surface area (Å²) in [6.07, 6.45) is 3.83. The van der Waals surface area contributed by atoms with Crippen LogP contribution in [0.4, 0.5) is 14.9 Å². The Morgan fingerprint density at radius 1 is 1.08 bits per heavy atom. The summed E-state index contributed by atoms with van der Waals surface area (Å²) in [6.45, 7) is 0.343. The predicted octanol–water partition coefficient (Wildman–Crippen LogP) is 7.20. The third-order valence-electron chi connectivity index (χ3n) is 6.48. The van der Waals surface area contributed by atoms with Crippen LogP contribution in [0.3, 0.4) is 0 Å². The molecule has 2 amide bonds. The molecule has 1 aromatic heterocycles. The topological polar surface area (TPSA) is 80.3 Å². The molecule has 1 fully saturated rings. The van der Waals surface area contributed by atoms with Crippen molar-refractivity contribution in [2.75, 3.05) is 10.2 Å². The van der Waals surface area contributed by atoms with Crippen molar-refractivity contribution in [3.63, 3.8) is 0 Å². The van der Waals surface area contributed by atoms with Gasteiger partial charge in [0, 0.05) is 0 Å². The zero-order valence-electron chi connectivity index (χ0n) is 20.6. The SMILES string of the molecule is CI(I)c1cc(COC(=O)NCc2cccc(F)c2)ccc1[C@@H]1C[C@H]1C(=O)Nc1ccc2cnccc2c1. The van der Waals surface area contributed by atoms with Crippen LogP contribution in [0.2, 0.25) is 0 Å². The molecule has 1 heterocycles. The van der Waals surface area contributed by atoms with E-state index in [0.717, 1.165) is 28.4 Å². The number of hydrogen-bond donors (Lipinski definition) is 2. The van der Waals surface area contributed by atoms with E-state index in [2.05, 4.69) is 51.3 Å². The Balaban J connectivity index is 1.18. The van der Waals surface area contributed by atoms with Crippen LogP contribution in [-0.2, 0) is 22.7 Å². The molecule has 3 aromatic carbocycles. The van der Waals surface area contributed by atoms with Crippen LogP contribution in [-0.4, -0.2) is 21.9 Å². The molecule has 0 saturated heterocycles. The molecular formula is C29H26FI2N3O3. The second-order valence-electron chi connectivity index (χ2n) is 9.19. The van der Waals surface area contributed by atoms with Crippen LogP contribution in [0.15, 0.2) is 79.1 Å². The fraction of sp³-hybridized carbons (Fsp3) is 0.207. The van der Waals surface area contributed by atoms with Crippen molar-refractivity contribution in [2.45, 2.75) is 25.5 Å². The molecule has 4 aromatic rings. The number of halogens is 3. The van der Waals surface area contributed by atoms with Crippen molar-refractivity contribution in [3.8, 4) is 0 Å². The van der Waals surface area contributed by atoms with Gasteiger partial charge in [0.05, 0.1) is 0 Å². The number of nitrogens with one attached hydrogen (secondary N) is 2. The fourth-order valence-electron chi connectivity index (χ4n) is 4.43. The third kappa shape index (κ3) is 6.60. The fourth-order valence-corrected chi connectivity index (χ4v) is 9.07. The minimum absolute atomic E-state index is 0.0432. The van der Waals surface area contributed by atoms with Crippen molar-refractivity contribution in [3.05, 3.63) is 105 Å². The van der Waals surface area contributed by atoms with E-state index in [1.54, 1.807) is 18.3 Å². The second-order valence-corrected chi connectivity index (χ2v) is 20.9. The number of aromatic nitrogens is 1. The molecule has 1 aliphatic carbocycles. The van der Waals surface area contributed by atoms with E-state index in [1.165, 1.54) is 21.3 Å². The second kappa shape index (κ2) is 11.9. The molecule has 6 nitrogen and oxygen atoms in total. The summed E-state index contributed by atoms with van der Waals surface area (Å²) in [5.74, 6) is -0.148. The van der Waals surface area contributed by atoms with Crippen LogP contribution < -0.4 is 10.6 Å². The van der Waals surface area contributed by atoms with Crippen molar-refractivity contribution < 1.29 is 18.7 Å². The molecule has 0 unspecified atom stereocenters. The Morgan fingerprint density at radius 3 is 2.76 bits per heavy atom. The molecule has 2 N–H and O–H groups in total. The molecule has 0 spiro atoms. The first-order chi connectivity index (χ1) is 18.4. The van der Waals surface area contributed by atoms with Crippen molar-refractivity contribution >= 4 is 62.9 Å². The number of anilines is 1. The number of fused-ring (bicyclic) bond motifs is 1. The number of hydrogen-bond acceptors (Lipinski definition) is 4. The standard InChI is InChI=1S/C29H26FI2N3O3/c1-32(31)27-12-19(17-38-29(37)34-15-18-3-2-4-22(30)11-18)5-8-24(27)25-14-26(25)28(36)35-23-7-6-21-16-33-10-9-20(21)13-23/h2-13,16,25-26H,14-15,17H2,1H3,(H,34,37)(H,35,36)/t25-,26+/m0/s1. The number of carbonyl (C=O) groups excluding carboxylic acids is 2. The maximum absolute atomic E-state index is 13.3. The van der Waals surface area contributed by atoms with Gasteiger partial charge < -0.3 is 0 Å². The molecular weight excluding hydrogens is 711 g/mol. The van der Waals surface area contributed by atoms with Crippen LogP contribution in [0, 0.1) is 15.3 Å². The molecule has 5 rings (SSSR count). The molecule has 0 aliphatic heterocycles. The Morgan fingerprint density at radius 2 is 1.95 bits per heavy atom. The van der Waals surface area contributed by atoms with Crippen LogP contribution in [0.5, 0.6) is 0 Å². The van der Waals surface area contributed by atoms with E-state index >= 15 is 0 Å². The van der Waals surface area contributed by atoms with Crippen LogP contribution in [0.1, 0.15) is 29.0 Å². The van der Waals surface area contributed by atoms with Gasteiger partial charge >= 0.3 is 239 Å². The number of rotatable bonds is 8. The van der Waals surface area contributed by atoms with Crippen molar-refractivity contribution in [1.29, 1.82) is 0 Å². The number of alkyl halides is 1. The summed E-state index contributed by atoms with van der Waals surface area (Å²) in [6, 6.07) is 20.1. The predicted molar refractivity (Wildman–Crippen MR) is 164 cm³/mol. The molecule has 1 aliphatic rings. The van der Waals surface area contributed by atoms with E-state index in [1.807, 2.05) is 36.5 Å². The number of benzene rings is 3. The van der Waals surface area contributed by atoms with Crippen LogP contribution >= 0.6 is 34.5 Å². The average Bonchev–Trinajstić information content (AvgIpc) is 3.72. The summed E-state index contributed by atoms with van der Waals surface area (Å²) in [5.41, 5.74) is 3.61. The van der Waals surface area contributed by atoms with Gasteiger partial charge in [0.2, 0.25) is 0 Å². The van der Waals surface area contributed by atoms with Gasteiger partial charge in [-0.15, -0.1) is 0 Å². The first-order valence-corrected chi connectivity index (χ1v) is 21.6. The summed E-state index contributed by atoms with van der Waals surface area (Å²) in [7, 11) is 0. The van der Waals surface area contributed by atoms with Gasteiger partial charge in [-0.25, -0.2) is 0 Å². The van der Waals surface area contributed by atoms with Gasteiger partial charge in [-0.05, 0) is 0 Å².